The van der Waals surface area contributed by atoms with Crippen LogP contribution in [0.25, 0.3) is 0 Å². The molecule has 0 rings (SSSR count). The summed E-state index contributed by atoms with van der Waals surface area (Å²) in [6, 6.07) is -0.817. The number of hydrogen-bond donors (Lipinski definition) is 1. The second-order valence-corrected chi connectivity index (χ2v) is 4.45. The predicted octanol–water partition coefficient (Wildman–Crippen LogP) is -2.52. The highest BCUT2D eigenvalue weighted by Gasteiger charge is 2.39. The monoisotopic (exact) mass is 248 g/mol. The first-order valence-electron chi connectivity index (χ1n) is 5.05. The molecular formula is C11H21ClN2O2. The first-order valence-corrected chi connectivity index (χ1v) is 5.05. The van der Waals surface area contributed by atoms with Crippen molar-refractivity contribution in [1.82, 2.24) is 0 Å². The lowest BCUT2D eigenvalue weighted by Crippen LogP contribution is -3.00. The fourth-order valence-corrected chi connectivity index (χ4v) is 1.73. The summed E-state index contributed by atoms with van der Waals surface area (Å²) < 4.78 is 0.289. The zero-order valence-corrected chi connectivity index (χ0v) is 11.2. The minimum Gasteiger partial charge on any atom is -1.00 e. The maximum Gasteiger partial charge on any atom is 0.284 e. The summed E-state index contributed by atoms with van der Waals surface area (Å²) in [5.41, 5.74) is 5.65. The number of rotatable bonds is 6. The van der Waals surface area contributed by atoms with E-state index in [-0.39, 0.29) is 22.7 Å². The Bertz CT molecular complexity index is 288. The Labute approximate surface area is 103 Å². The molecule has 2 N–H and O–H groups in total. The van der Waals surface area contributed by atoms with E-state index in [0.717, 1.165) is 13.0 Å². The highest BCUT2D eigenvalue weighted by atomic mass is 35.5. The molecule has 0 aliphatic heterocycles. The van der Waals surface area contributed by atoms with Crippen LogP contribution >= 0.6 is 0 Å². The number of nitrogens with zero attached hydrogens (tertiary/aromatic N) is 1. The molecule has 94 valence electrons. The van der Waals surface area contributed by atoms with Crippen molar-refractivity contribution in [2.45, 2.75) is 26.3 Å². The van der Waals surface area contributed by atoms with Gasteiger partial charge < -0.3 is 22.6 Å². The molecule has 0 aromatic heterocycles. The van der Waals surface area contributed by atoms with Gasteiger partial charge in [0.15, 0.2) is 0 Å². The predicted molar refractivity (Wildman–Crippen MR) is 60.1 cm³/mol. The molecule has 0 radical (unpaired) electrons. The van der Waals surface area contributed by atoms with Crippen LogP contribution in [0.2, 0.25) is 0 Å². The van der Waals surface area contributed by atoms with Gasteiger partial charge in [0.2, 0.25) is 11.8 Å². The number of carbonyl (C=O) groups excluding carboxylic acids is 2. The lowest BCUT2D eigenvalue weighted by atomic mass is 10.0. The van der Waals surface area contributed by atoms with Crippen LogP contribution in [-0.4, -0.2) is 42.9 Å². The third kappa shape index (κ3) is 4.33. The van der Waals surface area contributed by atoms with Crippen molar-refractivity contribution >= 4 is 11.7 Å². The van der Waals surface area contributed by atoms with Gasteiger partial charge in [-0.05, 0) is 18.9 Å². The van der Waals surface area contributed by atoms with E-state index in [1.54, 1.807) is 6.92 Å². The molecule has 1 amide bonds. The molecule has 0 saturated carbocycles. The van der Waals surface area contributed by atoms with Crippen LogP contribution < -0.4 is 18.1 Å². The second kappa shape index (κ2) is 6.66. The van der Waals surface area contributed by atoms with Crippen LogP contribution in [0.4, 0.5) is 0 Å². The lowest BCUT2D eigenvalue weighted by molar-refractivity contribution is -0.896. The minimum absolute atomic E-state index is 0. The second-order valence-electron chi connectivity index (χ2n) is 4.45. The molecule has 0 aliphatic rings. The molecule has 0 fully saturated rings. The highest BCUT2D eigenvalue weighted by molar-refractivity contribution is 6.11. The number of nitrogens with two attached hydrogens (primary N) is 1. The number of halogens is 1. The number of quaternary nitrogens is 1. The van der Waals surface area contributed by atoms with E-state index in [9.17, 15) is 9.59 Å². The number of Topliss-reactive ketones (excluding diaryl/α,β-unsaturated/α-hetero) is 1. The first kappa shape index (κ1) is 17.5. The van der Waals surface area contributed by atoms with Gasteiger partial charge in [-0.3, -0.25) is 9.59 Å². The lowest BCUT2D eigenvalue weighted by Gasteiger charge is -2.34. The molecule has 0 heterocycles. The summed E-state index contributed by atoms with van der Waals surface area (Å²) in [4.78, 5) is 23.1. The van der Waals surface area contributed by atoms with Crippen LogP contribution in [0.5, 0.6) is 0 Å². The Balaban J connectivity index is 0. The number of ketones is 1. The number of hydrogen-bond acceptors (Lipinski definition) is 2. The van der Waals surface area contributed by atoms with Crippen molar-refractivity contribution < 1.29 is 26.5 Å². The minimum atomic E-state index is -0.817. The summed E-state index contributed by atoms with van der Waals surface area (Å²) in [5, 5.41) is 0. The van der Waals surface area contributed by atoms with Crippen molar-refractivity contribution in [1.29, 1.82) is 0 Å². The van der Waals surface area contributed by atoms with E-state index in [2.05, 4.69) is 6.58 Å². The molecular weight excluding hydrogens is 228 g/mol. The van der Waals surface area contributed by atoms with Gasteiger partial charge >= 0.3 is 0 Å². The Morgan fingerprint density at radius 1 is 1.38 bits per heavy atom. The molecule has 0 spiro atoms. The van der Waals surface area contributed by atoms with E-state index < -0.39 is 11.9 Å². The van der Waals surface area contributed by atoms with Gasteiger partial charge in [-0.15, -0.1) is 0 Å². The maximum atomic E-state index is 11.8. The summed E-state index contributed by atoms with van der Waals surface area (Å²) >= 11 is 0. The van der Waals surface area contributed by atoms with E-state index in [4.69, 9.17) is 5.73 Å². The van der Waals surface area contributed by atoms with E-state index in [1.807, 2.05) is 21.0 Å². The summed E-state index contributed by atoms with van der Waals surface area (Å²) in [6.45, 7) is 7.90. The van der Waals surface area contributed by atoms with Crippen molar-refractivity contribution in [3.63, 3.8) is 0 Å². The van der Waals surface area contributed by atoms with Crippen molar-refractivity contribution in [3.05, 3.63) is 12.2 Å². The van der Waals surface area contributed by atoms with E-state index in [1.165, 1.54) is 0 Å². The fourth-order valence-electron chi connectivity index (χ4n) is 1.73. The molecule has 16 heavy (non-hydrogen) atoms. The molecule has 5 heteroatoms. The summed E-state index contributed by atoms with van der Waals surface area (Å²) in [6.07, 6.45) is 0.889. The van der Waals surface area contributed by atoms with E-state index >= 15 is 0 Å². The molecule has 4 nitrogen and oxygen atoms in total. The Hall–Kier alpha value is -0.870. The molecule has 1 atom stereocenters. The fraction of sp³-hybridized carbons (Fsp3) is 0.636. The molecule has 0 saturated heterocycles. The smallest absolute Gasteiger partial charge is 0.284 e. The zero-order valence-electron chi connectivity index (χ0n) is 10.4. The summed E-state index contributed by atoms with van der Waals surface area (Å²) in [7, 11) is 3.67. The maximum absolute atomic E-state index is 11.8. The standard InChI is InChI=1S/C11H20N2O2.ClH/c1-6-7-13(4,5)9(11(12)15)10(14)8(2)3;/h9H,2,6-7H2,1,3-5H3,(H-,12,15);1H. The van der Waals surface area contributed by atoms with Crippen molar-refractivity contribution in [2.75, 3.05) is 20.6 Å². The average Bonchev–Trinajstić information content (AvgIpc) is 2.01. The Morgan fingerprint density at radius 3 is 2.06 bits per heavy atom. The Morgan fingerprint density at radius 2 is 1.81 bits per heavy atom. The molecule has 1 unspecified atom stereocenters. The number of primary amides is 1. The first-order chi connectivity index (χ1) is 6.74. The van der Waals surface area contributed by atoms with Gasteiger partial charge in [0, 0.05) is 0 Å². The Kier molecular flexibility index (Phi) is 7.29. The largest absolute Gasteiger partial charge is 1.00 e. The van der Waals surface area contributed by atoms with Gasteiger partial charge in [0.1, 0.15) is 0 Å². The van der Waals surface area contributed by atoms with Crippen molar-refractivity contribution in [2.24, 2.45) is 5.73 Å². The molecule has 0 bridgehead atoms. The van der Waals surface area contributed by atoms with Crippen LogP contribution in [0.15, 0.2) is 12.2 Å². The number of carbonyl (C=O) groups is 2. The summed E-state index contributed by atoms with van der Waals surface area (Å²) in [5.74, 6) is -0.845. The van der Waals surface area contributed by atoms with Crippen LogP contribution in [0, 0.1) is 0 Å². The SMILES string of the molecule is C=C(C)C(=O)C(C(N)=O)[N+](C)(C)CCC.[Cl-]. The van der Waals surface area contributed by atoms with Gasteiger partial charge in [-0.2, -0.15) is 0 Å². The number of amides is 1. The third-order valence-corrected chi connectivity index (χ3v) is 2.44. The van der Waals surface area contributed by atoms with Crippen LogP contribution in [-0.2, 0) is 9.59 Å². The molecule has 0 aromatic carbocycles. The molecule has 0 aromatic rings. The van der Waals surface area contributed by atoms with Crippen molar-refractivity contribution in [3.8, 4) is 0 Å². The topological polar surface area (TPSA) is 60.2 Å². The van der Waals surface area contributed by atoms with E-state index in [0.29, 0.717) is 5.57 Å². The van der Waals surface area contributed by atoms with Gasteiger partial charge in [-0.25, -0.2) is 0 Å². The van der Waals surface area contributed by atoms with Gasteiger partial charge in [0.25, 0.3) is 5.91 Å². The zero-order chi connectivity index (χ0) is 12.2. The van der Waals surface area contributed by atoms with Gasteiger partial charge in [-0.1, -0.05) is 13.5 Å². The number of likely N-dealkylation sites (N-methyl/N-ethyl adjacent to an activating group) is 1. The quantitative estimate of drug-likeness (QED) is 0.320. The third-order valence-electron chi connectivity index (χ3n) is 2.44. The normalized spacial score (nSPS) is 12.5. The van der Waals surface area contributed by atoms with Gasteiger partial charge in [0.05, 0.1) is 20.6 Å². The van der Waals surface area contributed by atoms with Crippen LogP contribution in [0.1, 0.15) is 20.3 Å². The highest BCUT2D eigenvalue weighted by Crippen LogP contribution is 2.12. The molecule has 0 aliphatic carbocycles. The van der Waals surface area contributed by atoms with Crippen LogP contribution in [0.3, 0.4) is 0 Å². The average molecular weight is 249 g/mol.